The molecule has 0 spiro atoms. The predicted octanol–water partition coefficient (Wildman–Crippen LogP) is 0.875. The molecule has 1 N–H and O–H groups in total. The number of ether oxygens (including phenoxy) is 1. The van der Waals surface area contributed by atoms with Gasteiger partial charge in [0.1, 0.15) is 11.9 Å². The lowest BCUT2D eigenvalue weighted by Gasteiger charge is -2.10. The molecule has 0 saturated heterocycles. The molecule has 2 aromatic heterocycles. The van der Waals surface area contributed by atoms with Crippen molar-refractivity contribution in [1.82, 2.24) is 19.9 Å². The van der Waals surface area contributed by atoms with E-state index in [1.165, 1.54) is 0 Å². The quantitative estimate of drug-likeness (QED) is 0.777. The minimum absolute atomic E-state index is 0.330. The highest BCUT2D eigenvalue weighted by Crippen LogP contribution is 2.12. The molecule has 19 heavy (non-hydrogen) atoms. The Morgan fingerprint density at radius 2 is 2.32 bits per heavy atom. The Hall–Kier alpha value is -2.23. The number of imidazole rings is 1. The van der Waals surface area contributed by atoms with Crippen LogP contribution in [0.2, 0.25) is 0 Å². The molecule has 98 valence electrons. The van der Waals surface area contributed by atoms with Crippen LogP contribution in [0.25, 0.3) is 5.82 Å². The van der Waals surface area contributed by atoms with Gasteiger partial charge in [-0.05, 0) is 6.07 Å². The SMILES string of the molecule is COCCNCc1cccnc1-n1ccnc1C#N. The number of pyridine rings is 1. The van der Waals surface area contributed by atoms with E-state index in [1.807, 2.05) is 18.2 Å². The average Bonchev–Trinajstić information content (AvgIpc) is 2.92. The Bertz CT molecular complexity index is 572. The maximum absolute atomic E-state index is 9.01. The van der Waals surface area contributed by atoms with Crippen LogP contribution in [0.4, 0.5) is 0 Å². The van der Waals surface area contributed by atoms with Crippen molar-refractivity contribution < 1.29 is 4.74 Å². The molecule has 0 amide bonds. The fourth-order valence-electron chi connectivity index (χ4n) is 1.74. The highest BCUT2D eigenvalue weighted by Gasteiger charge is 2.09. The molecule has 0 aliphatic rings. The first kappa shape index (κ1) is 13.2. The summed E-state index contributed by atoms with van der Waals surface area (Å²) < 4.78 is 6.67. The zero-order valence-corrected chi connectivity index (χ0v) is 10.7. The summed E-state index contributed by atoms with van der Waals surface area (Å²) in [6.45, 7) is 2.08. The highest BCUT2D eigenvalue weighted by molar-refractivity contribution is 5.37. The molecule has 0 aromatic carbocycles. The largest absolute Gasteiger partial charge is 0.383 e. The van der Waals surface area contributed by atoms with Crippen molar-refractivity contribution in [2.75, 3.05) is 20.3 Å². The van der Waals surface area contributed by atoms with Gasteiger partial charge in [-0.2, -0.15) is 5.26 Å². The molecule has 0 radical (unpaired) electrons. The van der Waals surface area contributed by atoms with Crippen LogP contribution in [0, 0.1) is 11.3 Å². The third-order valence-corrected chi connectivity index (χ3v) is 2.63. The van der Waals surface area contributed by atoms with E-state index in [0.29, 0.717) is 19.0 Å². The van der Waals surface area contributed by atoms with Crippen molar-refractivity contribution in [2.24, 2.45) is 0 Å². The van der Waals surface area contributed by atoms with Gasteiger partial charge in [0.2, 0.25) is 5.82 Å². The second kappa shape index (κ2) is 6.64. The molecule has 0 bridgehead atoms. The zero-order chi connectivity index (χ0) is 13.5. The van der Waals surface area contributed by atoms with Gasteiger partial charge in [-0.3, -0.25) is 4.57 Å². The topological polar surface area (TPSA) is 75.8 Å². The summed E-state index contributed by atoms with van der Waals surface area (Å²) >= 11 is 0. The van der Waals surface area contributed by atoms with Crippen molar-refractivity contribution in [2.45, 2.75) is 6.54 Å². The van der Waals surface area contributed by atoms with E-state index in [9.17, 15) is 0 Å². The molecule has 2 heterocycles. The van der Waals surface area contributed by atoms with E-state index in [1.54, 1.807) is 30.3 Å². The van der Waals surface area contributed by atoms with Crippen LogP contribution in [0.15, 0.2) is 30.7 Å². The summed E-state index contributed by atoms with van der Waals surface area (Å²) in [6, 6.07) is 5.90. The molecule has 0 saturated carbocycles. The van der Waals surface area contributed by atoms with Crippen LogP contribution in [0.5, 0.6) is 0 Å². The lowest BCUT2D eigenvalue weighted by molar-refractivity contribution is 0.199. The number of hydrogen-bond donors (Lipinski definition) is 1. The number of aromatic nitrogens is 3. The third-order valence-electron chi connectivity index (χ3n) is 2.63. The maximum atomic E-state index is 9.01. The van der Waals surface area contributed by atoms with E-state index in [2.05, 4.69) is 15.3 Å². The fourth-order valence-corrected chi connectivity index (χ4v) is 1.74. The second-order valence-electron chi connectivity index (χ2n) is 3.89. The van der Waals surface area contributed by atoms with Crippen molar-refractivity contribution in [3.05, 3.63) is 42.1 Å². The summed E-state index contributed by atoms with van der Waals surface area (Å²) in [5.41, 5.74) is 1.01. The Morgan fingerprint density at radius 3 is 3.11 bits per heavy atom. The molecule has 6 heteroatoms. The Morgan fingerprint density at radius 1 is 1.42 bits per heavy atom. The Labute approximate surface area is 111 Å². The zero-order valence-electron chi connectivity index (χ0n) is 10.7. The lowest BCUT2D eigenvalue weighted by Crippen LogP contribution is -2.20. The van der Waals surface area contributed by atoms with Gasteiger partial charge in [-0.25, -0.2) is 9.97 Å². The Balaban J connectivity index is 2.19. The van der Waals surface area contributed by atoms with E-state index in [0.717, 1.165) is 17.9 Å². The fraction of sp³-hybridized carbons (Fsp3) is 0.308. The molecule has 0 unspecified atom stereocenters. The molecule has 0 fully saturated rings. The molecule has 0 atom stereocenters. The first-order chi connectivity index (χ1) is 9.36. The van der Waals surface area contributed by atoms with Gasteiger partial charge in [0, 0.05) is 44.4 Å². The molecular weight excluding hydrogens is 242 g/mol. The number of rotatable bonds is 6. The molecular formula is C13H15N5O. The van der Waals surface area contributed by atoms with Gasteiger partial charge in [-0.1, -0.05) is 6.07 Å². The molecule has 2 aromatic rings. The highest BCUT2D eigenvalue weighted by atomic mass is 16.5. The van der Waals surface area contributed by atoms with Gasteiger partial charge >= 0.3 is 0 Å². The molecule has 0 aliphatic heterocycles. The van der Waals surface area contributed by atoms with Crippen LogP contribution in [0.3, 0.4) is 0 Å². The summed E-state index contributed by atoms with van der Waals surface area (Å²) in [4.78, 5) is 8.31. The van der Waals surface area contributed by atoms with Crippen LogP contribution >= 0.6 is 0 Å². The summed E-state index contributed by atoms with van der Waals surface area (Å²) in [5.74, 6) is 1.05. The number of nitrogens with one attached hydrogen (secondary N) is 1. The molecule has 6 nitrogen and oxygen atoms in total. The number of nitriles is 1. The summed E-state index contributed by atoms with van der Waals surface area (Å²) in [6.07, 6.45) is 5.03. The van der Waals surface area contributed by atoms with Crippen LogP contribution in [0.1, 0.15) is 11.4 Å². The van der Waals surface area contributed by atoms with Gasteiger partial charge in [0.05, 0.1) is 6.61 Å². The van der Waals surface area contributed by atoms with Gasteiger partial charge in [-0.15, -0.1) is 0 Å². The molecule has 0 aliphatic carbocycles. The van der Waals surface area contributed by atoms with Crippen LogP contribution < -0.4 is 5.32 Å². The lowest BCUT2D eigenvalue weighted by atomic mass is 10.2. The van der Waals surface area contributed by atoms with Crippen molar-refractivity contribution in [3.63, 3.8) is 0 Å². The first-order valence-electron chi connectivity index (χ1n) is 5.94. The maximum Gasteiger partial charge on any atom is 0.218 e. The van der Waals surface area contributed by atoms with Crippen LogP contribution in [-0.4, -0.2) is 34.8 Å². The van der Waals surface area contributed by atoms with E-state index in [-0.39, 0.29) is 0 Å². The van der Waals surface area contributed by atoms with E-state index < -0.39 is 0 Å². The van der Waals surface area contributed by atoms with Crippen molar-refractivity contribution in [3.8, 4) is 11.9 Å². The Kier molecular flexibility index (Phi) is 4.61. The standard InChI is InChI=1S/C13H15N5O/c1-19-8-6-15-10-11-3-2-4-17-13(11)18-7-5-16-12(18)9-14/h2-5,7,15H,6,8,10H2,1H3. The number of methoxy groups -OCH3 is 1. The predicted molar refractivity (Wildman–Crippen MR) is 69.7 cm³/mol. The minimum Gasteiger partial charge on any atom is -0.383 e. The van der Waals surface area contributed by atoms with Crippen molar-refractivity contribution >= 4 is 0 Å². The summed E-state index contributed by atoms with van der Waals surface area (Å²) in [7, 11) is 1.67. The van der Waals surface area contributed by atoms with Crippen LogP contribution in [-0.2, 0) is 11.3 Å². The minimum atomic E-state index is 0.330. The first-order valence-corrected chi connectivity index (χ1v) is 5.94. The second-order valence-corrected chi connectivity index (χ2v) is 3.89. The van der Waals surface area contributed by atoms with Gasteiger partial charge < -0.3 is 10.1 Å². The average molecular weight is 257 g/mol. The monoisotopic (exact) mass is 257 g/mol. The third kappa shape index (κ3) is 3.16. The van der Waals surface area contributed by atoms with Gasteiger partial charge in [0.25, 0.3) is 0 Å². The van der Waals surface area contributed by atoms with Crippen molar-refractivity contribution in [1.29, 1.82) is 5.26 Å². The number of hydrogen-bond acceptors (Lipinski definition) is 5. The van der Waals surface area contributed by atoms with E-state index >= 15 is 0 Å². The normalized spacial score (nSPS) is 10.3. The smallest absolute Gasteiger partial charge is 0.218 e. The molecule has 2 rings (SSSR count). The van der Waals surface area contributed by atoms with Gasteiger partial charge in [0.15, 0.2) is 0 Å². The number of nitrogens with zero attached hydrogens (tertiary/aromatic N) is 4. The van der Waals surface area contributed by atoms with E-state index in [4.69, 9.17) is 10.00 Å². The summed E-state index contributed by atoms with van der Waals surface area (Å²) in [5, 5.41) is 12.3.